The molecule has 1 rings (SSSR count). The molecule has 22 heavy (non-hydrogen) atoms. The fourth-order valence-corrected chi connectivity index (χ4v) is 2.90. The number of ether oxygens (including phenoxy) is 2. The van der Waals surface area contributed by atoms with Crippen LogP contribution in [0, 0.1) is 0 Å². The number of esters is 2. The molecule has 0 fully saturated rings. The van der Waals surface area contributed by atoms with Gasteiger partial charge in [-0.2, -0.15) is 0 Å². The van der Waals surface area contributed by atoms with Crippen molar-refractivity contribution in [2.45, 2.75) is 25.2 Å². The monoisotopic (exact) mass is 329 g/mol. The Kier molecular flexibility index (Phi) is 7.00. The number of nitrogens with one attached hydrogen (secondary N) is 1. The Morgan fingerprint density at radius 3 is 2.36 bits per heavy atom. The average Bonchev–Trinajstić information content (AvgIpc) is 2.47. The van der Waals surface area contributed by atoms with Gasteiger partial charge in [-0.05, 0) is 26.0 Å². The molecule has 8 heteroatoms. The number of benzene rings is 1. The Balaban J connectivity index is 2.85. The fraction of sp³-hybridized carbons (Fsp3) is 0.429. The lowest BCUT2D eigenvalue weighted by atomic mass is 10.2. The highest BCUT2D eigenvalue weighted by Gasteiger charge is 2.22. The molecule has 122 valence electrons. The maximum Gasteiger partial charge on any atom is 0.339 e. The fourth-order valence-electron chi connectivity index (χ4n) is 1.68. The highest BCUT2D eigenvalue weighted by Crippen LogP contribution is 2.16. The van der Waals surface area contributed by atoms with Gasteiger partial charge in [-0.25, -0.2) is 17.9 Å². The van der Waals surface area contributed by atoms with Crippen molar-refractivity contribution >= 4 is 22.0 Å². The van der Waals surface area contributed by atoms with Crippen LogP contribution < -0.4 is 4.72 Å². The summed E-state index contributed by atoms with van der Waals surface area (Å²) in [5.74, 6) is -1.21. The highest BCUT2D eigenvalue weighted by atomic mass is 32.2. The topological polar surface area (TPSA) is 98.8 Å². The van der Waals surface area contributed by atoms with Crippen molar-refractivity contribution in [3.8, 4) is 0 Å². The SMILES string of the molecule is CCOC(=O)CCNS(=O)(=O)c1ccccc1C(=O)OCC. The van der Waals surface area contributed by atoms with Gasteiger partial charge >= 0.3 is 11.9 Å². The van der Waals surface area contributed by atoms with Crippen LogP contribution in [-0.4, -0.2) is 40.1 Å². The van der Waals surface area contributed by atoms with Crippen molar-refractivity contribution in [3.63, 3.8) is 0 Å². The summed E-state index contributed by atoms with van der Waals surface area (Å²) in [5.41, 5.74) is -0.0482. The van der Waals surface area contributed by atoms with Crippen molar-refractivity contribution in [1.82, 2.24) is 4.72 Å². The molecule has 0 aromatic heterocycles. The minimum absolute atomic E-state index is 0.0482. The molecule has 0 saturated carbocycles. The summed E-state index contributed by atoms with van der Waals surface area (Å²) < 4.78 is 36.3. The van der Waals surface area contributed by atoms with E-state index in [1.54, 1.807) is 19.9 Å². The summed E-state index contributed by atoms with van der Waals surface area (Å²) >= 11 is 0. The summed E-state index contributed by atoms with van der Waals surface area (Å²) in [5, 5.41) is 0. The summed E-state index contributed by atoms with van der Waals surface area (Å²) in [6.07, 6.45) is -0.0886. The molecule has 0 atom stereocenters. The Morgan fingerprint density at radius 1 is 1.09 bits per heavy atom. The smallest absolute Gasteiger partial charge is 0.339 e. The van der Waals surface area contributed by atoms with Gasteiger partial charge in [-0.1, -0.05) is 12.1 Å². The molecule has 7 nitrogen and oxygen atoms in total. The van der Waals surface area contributed by atoms with Gasteiger partial charge in [0, 0.05) is 6.54 Å². The standard InChI is InChI=1S/C14H19NO6S/c1-3-20-13(16)9-10-15-22(18,19)12-8-6-5-7-11(12)14(17)21-4-2/h5-8,15H,3-4,9-10H2,1-2H3. The second-order valence-corrected chi connectivity index (χ2v) is 5.90. The molecule has 0 aliphatic rings. The number of hydrogen-bond acceptors (Lipinski definition) is 6. The van der Waals surface area contributed by atoms with Crippen molar-refractivity contribution in [2.24, 2.45) is 0 Å². The van der Waals surface area contributed by atoms with Gasteiger partial charge in [0.15, 0.2) is 0 Å². The van der Waals surface area contributed by atoms with Crippen LogP contribution in [0.1, 0.15) is 30.6 Å². The first-order valence-corrected chi connectivity index (χ1v) is 8.32. The van der Waals surface area contributed by atoms with Crippen LogP contribution in [0.4, 0.5) is 0 Å². The molecule has 1 aromatic rings. The number of sulfonamides is 1. The molecule has 0 bridgehead atoms. The lowest BCUT2D eigenvalue weighted by molar-refractivity contribution is -0.142. The van der Waals surface area contributed by atoms with Crippen LogP contribution in [0.25, 0.3) is 0 Å². The molecule has 0 unspecified atom stereocenters. The average molecular weight is 329 g/mol. The third kappa shape index (κ3) is 5.12. The van der Waals surface area contributed by atoms with Crippen LogP contribution in [-0.2, 0) is 24.3 Å². The second-order valence-electron chi connectivity index (χ2n) is 4.17. The number of rotatable bonds is 8. The second kappa shape index (κ2) is 8.50. The van der Waals surface area contributed by atoms with E-state index >= 15 is 0 Å². The van der Waals surface area contributed by atoms with Crippen LogP contribution in [0.15, 0.2) is 29.2 Å². The van der Waals surface area contributed by atoms with Crippen LogP contribution in [0.5, 0.6) is 0 Å². The first-order chi connectivity index (χ1) is 10.4. The molecule has 0 amide bonds. The van der Waals surface area contributed by atoms with E-state index in [4.69, 9.17) is 9.47 Å². The Bertz CT molecular complexity index is 626. The molecular formula is C14H19NO6S. The van der Waals surface area contributed by atoms with Gasteiger partial charge in [-0.3, -0.25) is 4.79 Å². The van der Waals surface area contributed by atoms with E-state index in [1.807, 2.05) is 0 Å². The molecule has 0 saturated heterocycles. The zero-order valence-electron chi connectivity index (χ0n) is 12.5. The first kappa shape index (κ1) is 18.1. The number of carbonyl (C=O) groups is 2. The van der Waals surface area contributed by atoms with Gasteiger partial charge in [-0.15, -0.1) is 0 Å². The van der Waals surface area contributed by atoms with Crippen molar-refractivity contribution in [1.29, 1.82) is 0 Å². The first-order valence-electron chi connectivity index (χ1n) is 6.83. The zero-order chi connectivity index (χ0) is 16.6. The molecule has 1 aromatic carbocycles. The number of hydrogen-bond donors (Lipinski definition) is 1. The predicted molar refractivity (Wildman–Crippen MR) is 78.8 cm³/mol. The molecule has 0 aliphatic heterocycles. The lowest BCUT2D eigenvalue weighted by Crippen LogP contribution is -2.28. The molecule has 0 aliphatic carbocycles. The Morgan fingerprint density at radius 2 is 1.73 bits per heavy atom. The quantitative estimate of drug-likeness (QED) is 0.717. The minimum atomic E-state index is -3.92. The largest absolute Gasteiger partial charge is 0.466 e. The maximum absolute atomic E-state index is 12.2. The van der Waals surface area contributed by atoms with Crippen molar-refractivity contribution in [2.75, 3.05) is 19.8 Å². The van der Waals surface area contributed by atoms with Gasteiger partial charge in [0.2, 0.25) is 10.0 Å². The van der Waals surface area contributed by atoms with Gasteiger partial charge in [0.1, 0.15) is 0 Å². The Labute approximate surface area is 129 Å². The summed E-state index contributed by atoms with van der Waals surface area (Å²) in [6.45, 7) is 3.56. The molecular weight excluding hydrogens is 310 g/mol. The summed E-state index contributed by atoms with van der Waals surface area (Å²) in [6, 6.07) is 5.73. The maximum atomic E-state index is 12.2. The predicted octanol–water partition coefficient (Wildman–Crippen LogP) is 1.09. The third-order valence-corrected chi connectivity index (χ3v) is 4.12. The normalized spacial score (nSPS) is 11.0. The lowest BCUT2D eigenvalue weighted by Gasteiger charge is -2.10. The van der Waals surface area contributed by atoms with E-state index in [0.717, 1.165) is 0 Å². The van der Waals surface area contributed by atoms with Gasteiger partial charge < -0.3 is 9.47 Å². The van der Waals surface area contributed by atoms with E-state index < -0.39 is 22.0 Å². The summed E-state index contributed by atoms with van der Waals surface area (Å²) in [4.78, 5) is 22.8. The summed E-state index contributed by atoms with van der Waals surface area (Å²) in [7, 11) is -3.92. The van der Waals surface area contributed by atoms with Crippen molar-refractivity contribution < 1.29 is 27.5 Å². The Hall–Kier alpha value is -1.93. The molecule has 0 heterocycles. The van der Waals surface area contributed by atoms with Crippen LogP contribution in [0.2, 0.25) is 0 Å². The van der Waals surface area contributed by atoms with E-state index in [-0.39, 0.29) is 36.6 Å². The zero-order valence-corrected chi connectivity index (χ0v) is 13.3. The van der Waals surface area contributed by atoms with E-state index in [9.17, 15) is 18.0 Å². The molecule has 1 N–H and O–H groups in total. The van der Waals surface area contributed by atoms with E-state index in [1.165, 1.54) is 18.2 Å². The van der Waals surface area contributed by atoms with E-state index in [0.29, 0.717) is 0 Å². The third-order valence-electron chi connectivity index (χ3n) is 2.60. The highest BCUT2D eigenvalue weighted by molar-refractivity contribution is 7.89. The van der Waals surface area contributed by atoms with Crippen molar-refractivity contribution in [3.05, 3.63) is 29.8 Å². The number of carbonyl (C=O) groups excluding carboxylic acids is 2. The molecule has 0 radical (unpaired) electrons. The van der Waals surface area contributed by atoms with Gasteiger partial charge in [0.05, 0.1) is 30.1 Å². The molecule has 0 spiro atoms. The van der Waals surface area contributed by atoms with E-state index in [2.05, 4.69) is 4.72 Å². The van der Waals surface area contributed by atoms with Crippen LogP contribution in [0.3, 0.4) is 0 Å². The minimum Gasteiger partial charge on any atom is -0.466 e. The van der Waals surface area contributed by atoms with Gasteiger partial charge in [0.25, 0.3) is 0 Å². The van der Waals surface area contributed by atoms with Crippen LogP contribution >= 0.6 is 0 Å².